The van der Waals surface area contributed by atoms with Crippen molar-refractivity contribution in [3.63, 3.8) is 0 Å². The third-order valence-corrected chi connectivity index (χ3v) is 9.04. The van der Waals surface area contributed by atoms with Gasteiger partial charge < -0.3 is 14.2 Å². The Hall–Kier alpha value is -2.40. The number of hydrogen-bond acceptors (Lipinski definition) is 5. The van der Waals surface area contributed by atoms with Gasteiger partial charge in [-0.05, 0) is 70.6 Å². The Bertz CT molecular complexity index is 915. The van der Waals surface area contributed by atoms with Crippen LogP contribution in [0.5, 0.6) is 0 Å². The summed E-state index contributed by atoms with van der Waals surface area (Å²) in [6, 6.07) is 0. The Morgan fingerprint density at radius 2 is 0.885 bits per heavy atom. The van der Waals surface area contributed by atoms with Gasteiger partial charge in [-0.1, -0.05) is 178 Å². The lowest BCUT2D eigenvalue weighted by Crippen LogP contribution is -2.30. The van der Waals surface area contributed by atoms with Crippen LogP contribution in [0.25, 0.3) is 0 Å². The summed E-state index contributed by atoms with van der Waals surface area (Å²) in [6.45, 7) is 7.52. The van der Waals surface area contributed by atoms with Crippen molar-refractivity contribution in [3.05, 3.63) is 60.8 Å². The number of carbonyl (C=O) groups excluding carboxylic acids is 2. The van der Waals surface area contributed by atoms with Crippen LogP contribution < -0.4 is 0 Å². The first-order valence-electron chi connectivity index (χ1n) is 21.8. The molecule has 0 spiro atoms. The van der Waals surface area contributed by atoms with E-state index in [4.69, 9.17) is 14.2 Å². The maximum atomic E-state index is 12.7. The molecule has 0 aliphatic rings. The highest BCUT2D eigenvalue weighted by Crippen LogP contribution is 2.13. The first-order chi connectivity index (χ1) is 25.6. The summed E-state index contributed by atoms with van der Waals surface area (Å²) in [5, 5.41) is 0. The summed E-state index contributed by atoms with van der Waals surface area (Å²) in [4.78, 5) is 25.1. The Labute approximate surface area is 322 Å². The fourth-order valence-electron chi connectivity index (χ4n) is 5.79. The predicted molar refractivity (Wildman–Crippen MR) is 224 cm³/mol. The first-order valence-corrected chi connectivity index (χ1v) is 21.8. The highest BCUT2D eigenvalue weighted by Gasteiger charge is 2.17. The number of allylic oxidation sites excluding steroid dienone is 10. The van der Waals surface area contributed by atoms with Crippen LogP contribution in [0.1, 0.15) is 201 Å². The van der Waals surface area contributed by atoms with Crippen molar-refractivity contribution in [2.24, 2.45) is 0 Å². The highest BCUT2D eigenvalue weighted by atomic mass is 16.6. The Morgan fingerprint density at radius 1 is 0.442 bits per heavy atom. The molecule has 300 valence electrons. The standard InChI is InChI=1S/C47H82O5/c1-4-7-10-13-16-19-22-23-24-27-30-33-36-39-42-50-43-45(52-47(49)41-38-35-32-29-26-21-18-15-12-9-6-3)44-51-46(48)40-37-34-31-28-25-20-17-14-11-8-5-2/h7,10,14,16-17,19,23-24,30,33,45H,4-6,8-9,11-13,15,18,20-22,25-29,31-32,34-44H2,1-3H3/b10-7-,17-14-,19-16-,24-23-,33-30-. The summed E-state index contributed by atoms with van der Waals surface area (Å²) in [5.74, 6) is -0.440. The Morgan fingerprint density at radius 3 is 1.46 bits per heavy atom. The van der Waals surface area contributed by atoms with Crippen LogP contribution in [0.2, 0.25) is 0 Å². The largest absolute Gasteiger partial charge is 0.462 e. The van der Waals surface area contributed by atoms with Crippen LogP contribution in [0.15, 0.2) is 60.8 Å². The van der Waals surface area contributed by atoms with E-state index in [1.54, 1.807) is 0 Å². The van der Waals surface area contributed by atoms with E-state index in [9.17, 15) is 9.59 Å². The van der Waals surface area contributed by atoms with Gasteiger partial charge in [0.1, 0.15) is 6.61 Å². The van der Waals surface area contributed by atoms with Gasteiger partial charge in [0.2, 0.25) is 0 Å². The van der Waals surface area contributed by atoms with E-state index in [2.05, 4.69) is 81.5 Å². The molecular formula is C47H82O5. The normalized spacial score (nSPS) is 12.8. The van der Waals surface area contributed by atoms with Crippen LogP contribution >= 0.6 is 0 Å². The van der Waals surface area contributed by atoms with E-state index in [1.807, 2.05) is 0 Å². The molecule has 0 amide bonds. The van der Waals surface area contributed by atoms with Gasteiger partial charge in [-0.15, -0.1) is 0 Å². The molecule has 1 atom stereocenters. The molecule has 0 aromatic heterocycles. The molecule has 0 radical (unpaired) electrons. The van der Waals surface area contributed by atoms with Gasteiger partial charge in [0.25, 0.3) is 0 Å². The monoisotopic (exact) mass is 727 g/mol. The predicted octanol–water partition coefficient (Wildman–Crippen LogP) is 14.2. The maximum absolute atomic E-state index is 12.7. The van der Waals surface area contributed by atoms with E-state index in [1.165, 1.54) is 89.9 Å². The van der Waals surface area contributed by atoms with Crippen LogP contribution in [-0.4, -0.2) is 37.9 Å². The SMILES string of the molecule is CC/C=C\C/C=C\C/C=C\C/C=C\CCCOCC(COC(=O)CCCCCCC/C=C\CCCC)OC(=O)CCCCCCCCCCCCC. The van der Waals surface area contributed by atoms with Crippen molar-refractivity contribution in [1.82, 2.24) is 0 Å². The third kappa shape index (κ3) is 40.4. The second kappa shape index (κ2) is 43.0. The lowest BCUT2D eigenvalue weighted by Gasteiger charge is -2.18. The molecule has 0 aliphatic carbocycles. The molecular weight excluding hydrogens is 645 g/mol. The molecule has 0 aromatic rings. The quantitative estimate of drug-likeness (QED) is 0.0358. The van der Waals surface area contributed by atoms with E-state index < -0.39 is 6.10 Å². The fraction of sp³-hybridized carbons (Fsp3) is 0.745. The number of ether oxygens (including phenoxy) is 3. The maximum Gasteiger partial charge on any atom is 0.306 e. The summed E-state index contributed by atoms with van der Waals surface area (Å²) >= 11 is 0. The summed E-state index contributed by atoms with van der Waals surface area (Å²) in [7, 11) is 0. The number of esters is 2. The summed E-state index contributed by atoms with van der Waals surface area (Å²) in [6.07, 6.45) is 52.2. The number of unbranched alkanes of at least 4 members (excludes halogenated alkanes) is 18. The van der Waals surface area contributed by atoms with Gasteiger partial charge in [0.05, 0.1) is 6.61 Å². The van der Waals surface area contributed by atoms with Crippen molar-refractivity contribution in [2.75, 3.05) is 19.8 Å². The molecule has 0 heterocycles. The van der Waals surface area contributed by atoms with E-state index in [0.717, 1.165) is 77.0 Å². The topological polar surface area (TPSA) is 61.8 Å². The average Bonchev–Trinajstić information content (AvgIpc) is 3.14. The van der Waals surface area contributed by atoms with Crippen molar-refractivity contribution < 1.29 is 23.8 Å². The zero-order valence-corrected chi connectivity index (χ0v) is 34.3. The molecule has 0 saturated carbocycles. The molecule has 5 nitrogen and oxygen atoms in total. The van der Waals surface area contributed by atoms with E-state index in [-0.39, 0.29) is 25.2 Å². The van der Waals surface area contributed by atoms with Gasteiger partial charge >= 0.3 is 11.9 Å². The van der Waals surface area contributed by atoms with Gasteiger partial charge in [-0.2, -0.15) is 0 Å². The molecule has 0 aliphatic heterocycles. The lowest BCUT2D eigenvalue weighted by atomic mass is 10.1. The van der Waals surface area contributed by atoms with Crippen molar-refractivity contribution in [1.29, 1.82) is 0 Å². The second-order valence-corrected chi connectivity index (χ2v) is 14.2. The average molecular weight is 727 g/mol. The van der Waals surface area contributed by atoms with E-state index >= 15 is 0 Å². The Kier molecular flexibility index (Phi) is 41.0. The molecule has 52 heavy (non-hydrogen) atoms. The zero-order valence-electron chi connectivity index (χ0n) is 34.3. The molecule has 0 bridgehead atoms. The van der Waals surface area contributed by atoms with Crippen LogP contribution in [0, 0.1) is 0 Å². The van der Waals surface area contributed by atoms with Crippen molar-refractivity contribution in [2.45, 2.75) is 207 Å². The second-order valence-electron chi connectivity index (χ2n) is 14.2. The smallest absolute Gasteiger partial charge is 0.306 e. The Balaban J connectivity index is 4.35. The third-order valence-electron chi connectivity index (χ3n) is 9.04. The minimum atomic E-state index is -0.563. The number of carbonyl (C=O) groups is 2. The zero-order chi connectivity index (χ0) is 37.8. The van der Waals surface area contributed by atoms with Gasteiger partial charge in [-0.25, -0.2) is 0 Å². The summed E-state index contributed by atoms with van der Waals surface area (Å²) < 4.78 is 17.2. The molecule has 0 fully saturated rings. The minimum absolute atomic E-state index is 0.0596. The molecule has 1 unspecified atom stereocenters. The lowest BCUT2D eigenvalue weighted by molar-refractivity contribution is -0.163. The van der Waals surface area contributed by atoms with Crippen LogP contribution in [0.3, 0.4) is 0 Å². The molecule has 0 N–H and O–H groups in total. The van der Waals surface area contributed by atoms with E-state index in [0.29, 0.717) is 19.4 Å². The molecule has 0 rings (SSSR count). The minimum Gasteiger partial charge on any atom is -0.462 e. The van der Waals surface area contributed by atoms with Crippen LogP contribution in [-0.2, 0) is 23.8 Å². The number of hydrogen-bond donors (Lipinski definition) is 0. The number of rotatable bonds is 39. The van der Waals surface area contributed by atoms with Crippen LogP contribution in [0.4, 0.5) is 0 Å². The highest BCUT2D eigenvalue weighted by molar-refractivity contribution is 5.70. The fourth-order valence-corrected chi connectivity index (χ4v) is 5.79. The van der Waals surface area contributed by atoms with Crippen molar-refractivity contribution >= 4 is 11.9 Å². The van der Waals surface area contributed by atoms with Crippen molar-refractivity contribution in [3.8, 4) is 0 Å². The van der Waals surface area contributed by atoms with Gasteiger partial charge in [0.15, 0.2) is 6.10 Å². The molecule has 0 saturated heterocycles. The molecule has 0 aromatic carbocycles. The van der Waals surface area contributed by atoms with Gasteiger partial charge in [-0.3, -0.25) is 9.59 Å². The van der Waals surface area contributed by atoms with Gasteiger partial charge in [0, 0.05) is 19.4 Å². The molecule has 5 heteroatoms. The summed E-state index contributed by atoms with van der Waals surface area (Å²) in [5.41, 5.74) is 0. The first kappa shape index (κ1) is 49.6.